The highest BCUT2D eigenvalue weighted by molar-refractivity contribution is 5.81. The number of rotatable bonds is 10. The number of carbonyl (C=O) groups excluding carboxylic acids is 2. The molecule has 0 aliphatic rings. The van der Waals surface area contributed by atoms with E-state index in [0.29, 0.717) is 23.5 Å². The fraction of sp³-hybridized carbons (Fsp3) is 0.423. The number of methoxy groups -OCH3 is 1. The molecule has 41 heavy (non-hydrogen) atoms. The molecule has 1 amide bonds. The van der Waals surface area contributed by atoms with Crippen LogP contribution in [0.5, 0.6) is 0 Å². The highest BCUT2D eigenvalue weighted by atomic mass is 16.6. The summed E-state index contributed by atoms with van der Waals surface area (Å²) in [7, 11) is 1.24. The third-order valence-corrected chi connectivity index (χ3v) is 5.50. The van der Waals surface area contributed by atoms with E-state index in [1.54, 1.807) is 63.1 Å². The van der Waals surface area contributed by atoms with Crippen molar-refractivity contribution in [2.75, 3.05) is 7.11 Å². The number of nitrogens with two attached hydrogens (primary N) is 1. The Bertz CT molecular complexity index is 1330. The Morgan fingerprint density at radius 2 is 1.98 bits per heavy atom. The van der Waals surface area contributed by atoms with Crippen molar-refractivity contribution in [1.29, 1.82) is 0 Å². The van der Waals surface area contributed by atoms with E-state index in [1.807, 2.05) is 0 Å². The maximum absolute atomic E-state index is 12.2. The number of amides is 1. The van der Waals surface area contributed by atoms with Crippen molar-refractivity contribution < 1.29 is 33.9 Å². The molecule has 3 aromatic rings. The monoisotopic (exact) mass is 573 g/mol. The third-order valence-electron chi connectivity index (χ3n) is 5.50. The number of nitrogens with one attached hydrogen (secondary N) is 2. The van der Waals surface area contributed by atoms with Crippen LogP contribution in [-0.4, -0.2) is 72.4 Å². The predicted molar refractivity (Wildman–Crippen MR) is 146 cm³/mol. The number of imidazole rings is 2. The van der Waals surface area contributed by atoms with E-state index >= 15 is 0 Å². The Kier molecular flexibility index (Phi) is 11.5. The number of esters is 1. The maximum atomic E-state index is 12.2. The molecule has 0 spiro atoms. The topological polar surface area (TPSA) is 218 Å². The molecule has 0 fully saturated rings. The molecule has 1 aromatic carbocycles. The number of carboxylic acids is 1. The Hall–Kier alpha value is -4.79. The second-order valence-corrected chi connectivity index (χ2v) is 10.0. The Morgan fingerprint density at radius 3 is 2.51 bits per heavy atom. The van der Waals surface area contributed by atoms with Crippen LogP contribution in [0.2, 0.25) is 0 Å². The van der Waals surface area contributed by atoms with Crippen LogP contribution in [0.15, 0.2) is 43.2 Å². The molecule has 0 aliphatic heterocycles. The lowest BCUT2D eigenvalue weighted by Gasteiger charge is -2.22. The fourth-order valence-electron chi connectivity index (χ4n) is 3.59. The molecule has 0 aliphatic carbocycles. The number of H-pyrrole nitrogens is 1. The van der Waals surface area contributed by atoms with Crippen molar-refractivity contribution >= 4 is 23.7 Å². The van der Waals surface area contributed by atoms with Crippen molar-refractivity contribution in [3.63, 3.8) is 0 Å². The number of alkyl carbamates (subject to hydrolysis) is 1. The van der Waals surface area contributed by atoms with Gasteiger partial charge in [-0.25, -0.2) is 19.6 Å². The van der Waals surface area contributed by atoms with Crippen molar-refractivity contribution in [1.82, 2.24) is 24.8 Å². The Labute approximate surface area is 236 Å². The average molecular weight is 574 g/mol. The average Bonchev–Trinajstić information content (AvgIpc) is 3.54. The lowest BCUT2D eigenvalue weighted by molar-refractivity contribution is -0.385. The van der Waals surface area contributed by atoms with Gasteiger partial charge in [-0.15, -0.1) is 0 Å². The first-order chi connectivity index (χ1) is 19.2. The largest absolute Gasteiger partial charge is 0.480 e. The van der Waals surface area contributed by atoms with Gasteiger partial charge in [0.25, 0.3) is 5.69 Å². The number of aromatic nitrogens is 4. The first-order valence-corrected chi connectivity index (χ1v) is 12.5. The second-order valence-electron chi connectivity index (χ2n) is 10.0. The SMILES string of the molecule is COC(=O)[C@H](Cc1cncn1Cc1ccc([N+](=O)[O-])c(C)c1)NC(=O)OC(C)(C)C.N[C@@H](Cc1c[nH]cn1)C(=O)O. The zero-order valence-corrected chi connectivity index (χ0v) is 23.5. The normalized spacial score (nSPS) is 12.3. The first-order valence-electron chi connectivity index (χ1n) is 12.5. The molecule has 15 heteroatoms. The van der Waals surface area contributed by atoms with Gasteiger partial charge in [0.2, 0.25) is 0 Å². The molecule has 0 unspecified atom stereocenters. The lowest BCUT2D eigenvalue weighted by Crippen LogP contribution is -2.45. The summed E-state index contributed by atoms with van der Waals surface area (Å²) in [4.78, 5) is 55.8. The van der Waals surface area contributed by atoms with E-state index in [-0.39, 0.29) is 18.5 Å². The van der Waals surface area contributed by atoms with Gasteiger partial charge >= 0.3 is 18.0 Å². The minimum absolute atomic E-state index is 0.0527. The third kappa shape index (κ3) is 10.7. The van der Waals surface area contributed by atoms with Crippen LogP contribution in [0.25, 0.3) is 0 Å². The smallest absolute Gasteiger partial charge is 0.408 e. The van der Waals surface area contributed by atoms with Gasteiger partial charge in [0.05, 0.1) is 30.4 Å². The molecule has 2 atom stereocenters. The number of ether oxygens (including phenoxy) is 2. The van der Waals surface area contributed by atoms with E-state index in [9.17, 15) is 24.5 Å². The molecule has 0 saturated heterocycles. The van der Waals surface area contributed by atoms with Crippen LogP contribution in [0.3, 0.4) is 0 Å². The standard InChI is InChI=1S/C20H26N4O6.C6H9N3O2/c1-13-8-14(6-7-17(13)24(27)28)11-23-12-21-10-15(23)9-16(18(25)29-5)22-19(26)30-20(2,3)4;7-5(6(10)11)1-4-2-8-3-9-4/h6-8,10,12,16H,9,11H2,1-5H3,(H,22,26);2-3,5H,1,7H2,(H,8,9)(H,10,11)/t16-;5-/m00/s1. The van der Waals surface area contributed by atoms with Crippen LogP contribution in [0.4, 0.5) is 10.5 Å². The van der Waals surface area contributed by atoms with Crippen LogP contribution in [0.1, 0.15) is 43.3 Å². The molecular weight excluding hydrogens is 538 g/mol. The zero-order valence-electron chi connectivity index (χ0n) is 23.5. The number of nitrogens with zero attached hydrogens (tertiary/aromatic N) is 4. The summed E-state index contributed by atoms with van der Waals surface area (Å²) in [6.07, 6.45) is 5.97. The zero-order chi connectivity index (χ0) is 30.7. The van der Waals surface area contributed by atoms with Crippen LogP contribution in [-0.2, 0) is 38.4 Å². The predicted octanol–water partition coefficient (Wildman–Crippen LogP) is 2.12. The van der Waals surface area contributed by atoms with Gasteiger partial charge in [-0.3, -0.25) is 14.9 Å². The van der Waals surface area contributed by atoms with Gasteiger partial charge in [0.1, 0.15) is 17.7 Å². The summed E-state index contributed by atoms with van der Waals surface area (Å²) in [6.45, 7) is 7.24. The number of carbonyl (C=O) groups is 3. The molecule has 2 heterocycles. The van der Waals surface area contributed by atoms with Gasteiger partial charge in [0.15, 0.2) is 0 Å². The van der Waals surface area contributed by atoms with Crippen molar-refractivity contribution in [2.24, 2.45) is 5.73 Å². The number of aryl methyl sites for hydroxylation is 1. The summed E-state index contributed by atoms with van der Waals surface area (Å²) >= 11 is 0. The summed E-state index contributed by atoms with van der Waals surface area (Å²) in [5.74, 6) is -1.62. The van der Waals surface area contributed by atoms with E-state index < -0.39 is 40.6 Å². The molecule has 0 radical (unpaired) electrons. The molecule has 5 N–H and O–H groups in total. The summed E-state index contributed by atoms with van der Waals surface area (Å²) < 4.78 is 11.8. The second kappa shape index (κ2) is 14.6. The Balaban J connectivity index is 0.000000446. The number of aromatic amines is 1. The van der Waals surface area contributed by atoms with Crippen molar-refractivity contribution in [3.8, 4) is 0 Å². The molecule has 15 nitrogen and oxygen atoms in total. The molecule has 2 aromatic heterocycles. The molecular formula is C26H35N7O8. The van der Waals surface area contributed by atoms with Crippen molar-refractivity contribution in [3.05, 3.63) is 75.9 Å². The number of nitro groups is 1. The van der Waals surface area contributed by atoms with E-state index in [4.69, 9.17) is 20.3 Å². The number of aliphatic carboxylic acids is 1. The molecule has 222 valence electrons. The maximum Gasteiger partial charge on any atom is 0.408 e. The van der Waals surface area contributed by atoms with Crippen molar-refractivity contribution in [2.45, 2.75) is 64.8 Å². The Morgan fingerprint density at radius 1 is 1.27 bits per heavy atom. The van der Waals surface area contributed by atoms with E-state index in [1.165, 1.54) is 19.5 Å². The quantitative estimate of drug-likeness (QED) is 0.156. The summed E-state index contributed by atoms with van der Waals surface area (Å²) in [5, 5.41) is 21.9. The van der Waals surface area contributed by atoms with Gasteiger partial charge < -0.3 is 35.2 Å². The molecule has 3 rings (SSSR count). The van der Waals surface area contributed by atoms with Crippen LogP contribution in [0, 0.1) is 17.0 Å². The van der Waals surface area contributed by atoms with E-state index in [2.05, 4.69) is 20.3 Å². The lowest BCUT2D eigenvalue weighted by atomic mass is 10.1. The highest BCUT2D eigenvalue weighted by Crippen LogP contribution is 2.20. The highest BCUT2D eigenvalue weighted by Gasteiger charge is 2.26. The van der Waals surface area contributed by atoms with Gasteiger partial charge in [-0.2, -0.15) is 0 Å². The summed E-state index contributed by atoms with van der Waals surface area (Å²) in [6, 6.07) is 3.05. The fourth-order valence-corrected chi connectivity index (χ4v) is 3.59. The van der Waals surface area contributed by atoms with Gasteiger partial charge in [-0.05, 0) is 39.3 Å². The van der Waals surface area contributed by atoms with Gasteiger partial charge in [-0.1, -0.05) is 6.07 Å². The number of nitro benzene ring substituents is 1. The molecule has 0 bridgehead atoms. The summed E-state index contributed by atoms with van der Waals surface area (Å²) in [5.41, 5.74) is 7.34. The number of hydrogen-bond acceptors (Lipinski definition) is 10. The number of carboxylic acid groups (broad SMARTS) is 1. The van der Waals surface area contributed by atoms with Crippen LogP contribution < -0.4 is 11.1 Å². The number of hydrogen-bond donors (Lipinski definition) is 4. The van der Waals surface area contributed by atoms with E-state index in [0.717, 1.165) is 5.56 Å². The number of benzene rings is 1. The van der Waals surface area contributed by atoms with Gasteiger partial charge in [0, 0.05) is 49.1 Å². The minimum atomic E-state index is -1.01. The van der Waals surface area contributed by atoms with Crippen LogP contribution >= 0.6 is 0 Å². The minimum Gasteiger partial charge on any atom is -0.480 e. The molecule has 0 saturated carbocycles. The first kappa shape index (κ1) is 32.4.